The highest BCUT2D eigenvalue weighted by Gasteiger charge is 2.24. The van der Waals surface area contributed by atoms with Crippen LogP contribution in [0.15, 0.2) is 12.1 Å². The quantitative estimate of drug-likeness (QED) is 0.822. The fourth-order valence-corrected chi connectivity index (χ4v) is 2.59. The standard InChI is InChI=1S/C15H22O/c1-10-6-11(2)15(12(3)7-10)9-14(16)8-13-4-5-13/h6-7,13-14,16H,4-5,8-9H2,1-3H3. The number of rotatable bonds is 4. The zero-order chi connectivity index (χ0) is 11.7. The van der Waals surface area contributed by atoms with Crippen LogP contribution in [0.4, 0.5) is 0 Å². The van der Waals surface area contributed by atoms with Gasteiger partial charge in [-0.2, -0.15) is 0 Å². The van der Waals surface area contributed by atoms with Crippen LogP contribution in [0, 0.1) is 26.7 Å². The first-order valence-corrected chi connectivity index (χ1v) is 6.31. The number of benzene rings is 1. The van der Waals surface area contributed by atoms with Crippen LogP contribution >= 0.6 is 0 Å². The first-order chi connectivity index (χ1) is 7.56. The molecule has 1 aliphatic rings. The molecular formula is C15H22O. The van der Waals surface area contributed by atoms with Gasteiger partial charge in [0, 0.05) is 0 Å². The number of aliphatic hydroxyl groups excluding tert-OH is 1. The van der Waals surface area contributed by atoms with E-state index in [0.717, 1.165) is 18.8 Å². The van der Waals surface area contributed by atoms with E-state index in [0.29, 0.717) is 0 Å². The van der Waals surface area contributed by atoms with Crippen molar-refractivity contribution >= 4 is 0 Å². The Morgan fingerprint density at radius 1 is 1.19 bits per heavy atom. The lowest BCUT2D eigenvalue weighted by atomic mass is 9.94. The molecular weight excluding hydrogens is 196 g/mol. The third kappa shape index (κ3) is 2.85. The Morgan fingerprint density at radius 2 is 1.75 bits per heavy atom. The van der Waals surface area contributed by atoms with Gasteiger partial charge < -0.3 is 5.11 Å². The lowest BCUT2D eigenvalue weighted by molar-refractivity contribution is 0.157. The minimum Gasteiger partial charge on any atom is -0.393 e. The van der Waals surface area contributed by atoms with Crippen molar-refractivity contribution in [2.45, 2.75) is 52.6 Å². The molecule has 0 saturated heterocycles. The molecule has 1 saturated carbocycles. The molecule has 0 spiro atoms. The number of aliphatic hydroxyl groups is 1. The van der Waals surface area contributed by atoms with E-state index in [9.17, 15) is 5.11 Å². The minimum atomic E-state index is -0.146. The lowest BCUT2D eigenvalue weighted by Crippen LogP contribution is -2.13. The molecule has 1 aliphatic carbocycles. The second-order valence-electron chi connectivity index (χ2n) is 5.41. The average Bonchev–Trinajstić information content (AvgIpc) is 2.95. The third-order valence-electron chi connectivity index (χ3n) is 3.58. The summed E-state index contributed by atoms with van der Waals surface area (Å²) in [5.41, 5.74) is 5.31. The second kappa shape index (κ2) is 4.58. The summed E-state index contributed by atoms with van der Waals surface area (Å²) in [6.07, 6.45) is 4.32. The summed E-state index contributed by atoms with van der Waals surface area (Å²) >= 11 is 0. The molecule has 2 rings (SSSR count). The van der Waals surface area contributed by atoms with Crippen LogP contribution in [-0.2, 0) is 6.42 Å². The zero-order valence-electron chi connectivity index (χ0n) is 10.6. The third-order valence-corrected chi connectivity index (χ3v) is 3.58. The van der Waals surface area contributed by atoms with Crippen LogP contribution in [0.5, 0.6) is 0 Å². The maximum absolute atomic E-state index is 10.0. The normalized spacial score (nSPS) is 17.5. The smallest absolute Gasteiger partial charge is 0.0583 e. The summed E-state index contributed by atoms with van der Waals surface area (Å²) in [7, 11) is 0. The molecule has 1 atom stereocenters. The molecule has 1 N–H and O–H groups in total. The van der Waals surface area contributed by atoms with Crippen molar-refractivity contribution in [1.29, 1.82) is 0 Å². The highest BCUT2D eigenvalue weighted by molar-refractivity contribution is 5.37. The number of aryl methyl sites for hydroxylation is 3. The second-order valence-corrected chi connectivity index (χ2v) is 5.41. The Morgan fingerprint density at radius 3 is 2.25 bits per heavy atom. The van der Waals surface area contributed by atoms with E-state index < -0.39 is 0 Å². The molecule has 16 heavy (non-hydrogen) atoms. The summed E-state index contributed by atoms with van der Waals surface area (Å²) in [6.45, 7) is 6.43. The Hall–Kier alpha value is -0.820. The predicted molar refractivity (Wildman–Crippen MR) is 67.7 cm³/mol. The molecule has 0 bridgehead atoms. The van der Waals surface area contributed by atoms with E-state index in [2.05, 4.69) is 32.9 Å². The largest absolute Gasteiger partial charge is 0.393 e. The van der Waals surface area contributed by atoms with Gasteiger partial charge in [0.15, 0.2) is 0 Å². The lowest BCUT2D eigenvalue weighted by Gasteiger charge is -2.15. The monoisotopic (exact) mass is 218 g/mol. The van der Waals surface area contributed by atoms with Crippen molar-refractivity contribution in [1.82, 2.24) is 0 Å². The molecule has 1 aromatic carbocycles. The van der Waals surface area contributed by atoms with Crippen LogP contribution in [0.2, 0.25) is 0 Å². The van der Waals surface area contributed by atoms with E-state index in [1.807, 2.05) is 0 Å². The van der Waals surface area contributed by atoms with Gasteiger partial charge in [0.05, 0.1) is 6.10 Å². The molecule has 88 valence electrons. The van der Waals surface area contributed by atoms with Gasteiger partial charge in [-0.05, 0) is 56.2 Å². The van der Waals surface area contributed by atoms with Gasteiger partial charge in [-0.25, -0.2) is 0 Å². The highest BCUT2D eigenvalue weighted by Crippen LogP contribution is 2.34. The minimum absolute atomic E-state index is 0.146. The molecule has 0 aliphatic heterocycles. The topological polar surface area (TPSA) is 20.2 Å². The van der Waals surface area contributed by atoms with Gasteiger partial charge >= 0.3 is 0 Å². The Bertz CT molecular complexity index is 354. The maximum Gasteiger partial charge on any atom is 0.0583 e. The summed E-state index contributed by atoms with van der Waals surface area (Å²) in [6, 6.07) is 4.43. The highest BCUT2D eigenvalue weighted by atomic mass is 16.3. The average molecular weight is 218 g/mol. The summed E-state index contributed by atoms with van der Waals surface area (Å²) in [5.74, 6) is 0.807. The van der Waals surface area contributed by atoms with Gasteiger partial charge in [0.1, 0.15) is 0 Å². The van der Waals surface area contributed by atoms with E-state index in [1.165, 1.54) is 35.1 Å². The van der Waals surface area contributed by atoms with Gasteiger partial charge in [-0.1, -0.05) is 30.5 Å². The van der Waals surface area contributed by atoms with Crippen molar-refractivity contribution in [3.8, 4) is 0 Å². The van der Waals surface area contributed by atoms with E-state index >= 15 is 0 Å². The predicted octanol–water partition coefficient (Wildman–Crippen LogP) is 3.32. The summed E-state index contributed by atoms with van der Waals surface area (Å²) in [4.78, 5) is 0. The van der Waals surface area contributed by atoms with Crippen LogP contribution in [-0.4, -0.2) is 11.2 Å². The van der Waals surface area contributed by atoms with Gasteiger partial charge in [0.25, 0.3) is 0 Å². The molecule has 1 fully saturated rings. The molecule has 1 unspecified atom stereocenters. The number of hydrogen-bond acceptors (Lipinski definition) is 1. The first-order valence-electron chi connectivity index (χ1n) is 6.31. The van der Waals surface area contributed by atoms with Crippen LogP contribution in [0.1, 0.15) is 41.5 Å². The zero-order valence-corrected chi connectivity index (χ0v) is 10.6. The fourth-order valence-electron chi connectivity index (χ4n) is 2.59. The van der Waals surface area contributed by atoms with Crippen molar-refractivity contribution in [3.63, 3.8) is 0 Å². The van der Waals surface area contributed by atoms with Crippen LogP contribution in [0.25, 0.3) is 0 Å². The molecule has 1 aromatic rings. The Balaban J connectivity index is 2.07. The first kappa shape index (κ1) is 11.7. The maximum atomic E-state index is 10.0. The summed E-state index contributed by atoms with van der Waals surface area (Å²) in [5, 5.41) is 10.0. The van der Waals surface area contributed by atoms with E-state index in [4.69, 9.17) is 0 Å². The van der Waals surface area contributed by atoms with Gasteiger partial charge in [-0.15, -0.1) is 0 Å². The van der Waals surface area contributed by atoms with Crippen molar-refractivity contribution in [2.24, 2.45) is 5.92 Å². The van der Waals surface area contributed by atoms with Gasteiger partial charge in [-0.3, -0.25) is 0 Å². The number of hydrogen-bond donors (Lipinski definition) is 1. The fraction of sp³-hybridized carbons (Fsp3) is 0.600. The van der Waals surface area contributed by atoms with Gasteiger partial charge in [0.2, 0.25) is 0 Å². The molecule has 1 heteroatoms. The van der Waals surface area contributed by atoms with Crippen LogP contribution in [0.3, 0.4) is 0 Å². The molecule has 0 amide bonds. The molecule has 0 heterocycles. The molecule has 1 nitrogen and oxygen atoms in total. The van der Waals surface area contributed by atoms with Crippen molar-refractivity contribution < 1.29 is 5.11 Å². The van der Waals surface area contributed by atoms with E-state index in [-0.39, 0.29) is 6.10 Å². The van der Waals surface area contributed by atoms with Crippen LogP contribution < -0.4 is 0 Å². The SMILES string of the molecule is Cc1cc(C)c(CC(O)CC2CC2)c(C)c1. The molecule has 0 radical (unpaired) electrons. The Labute approximate surface area is 98.5 Å². The van der Waals surface area contributed by atoms with Crippen molar-refractivity contribution in [3.05, 3.63) is 34.4 Å². The Kier molecular flexibility index (Phi) is 3.34. The van der Waals surface area contributed by atoms with E-state index in [1.54, 1.807) is 0 Å². The van der Waals surface area contributed by atoms with Crippen molar-refractivity contribution in [2.75, 3.05) is 0 Å². The summed E-state index contributed by atoms with van der Waals surface area (Å²) < 4.78 is 0. The molecule has 0 aromatic heterocycles.